The van der Waals surface area contributed by atoms with Crippen molar-refractivity contribution < 1.29 is 9.84 Å². The van der Waals surface area contributed by atoms with E-state index in [-0.39, 0.29) is 6.61 Å². The number of ether oxygens (including phenoxy) is 1. The van der Waals surface area contributed by atoms with Crippen LogP contribution in [0.5, 0.6) is 5.75 Å². The summed E-state index contributed by atoms with van der Waals surface area (Å²) in [7, 11) is 1.61. The van der Waals surface area contributed by atoms with Gasteiger partial charge in [0.05, 0.1) is 30.9 Å². The predicted molar refractivity (Wildman–Crippen MR) is 86.7 cm³/mol. The quantitative estimate of drug-likeness (QED) is 0.771. The summed E-state index contributed by atoms with van der Waals surface area (Å²) in [5.74, 6) is 1.34. The lowest BCUT2D eigenvalue weighted by molar-refractivity contribution is 0.282. The first-order chi connectivity index (χ1) is 10.7. The summed E-state index contributed by atoms with van der Waals surface area (Å²) in [5.41, 5.74) is 2.99. The molecule has 2 N–H and O–H groups in total. The number of nitrogens with zero attached hydrogens (tertiary/aromatic N) is 2. The molecule has 0 atom stereocenters. The van der Waals surface area contributed by atoms with Gasteiger partial charge in [0.1, 0.15) is 11.6 Å². The van der Waals surface area contributed by atoms with E-state index in [1.807, 2.05) is 24.3 Å². The summed E-state index contributed by atoms with van der Waals surface area (Å²) < 4.78 is 5.19. The van der Waals surface area contributed by atoms with Crippen molar-refractivity contribution in [3.63, 3.8) is 0 Å². The van der Waals surface area contributed by atoms with Crippen LogP contribution in [-0.2, 0) is 6.61 Å². The van der Waals surface area contributed by atoms with Crippen LogP contribution in [0.4, 0.5) is 11.5 Å². The first-order valence-corrected chi connectivity index (χ1v) is 7.04. The van der Waals surface area contributed by atoms with Crippen molar-refractivity contribution >= 4 is 34.1 Å². The lowest BCUT2D eigenvalue weighted by atomic mass is 10.2. The minimum Gasteiger partial charge on any atom is -0.497 e. The first kappa shape index (κ1) is 14.6. The molecule has 3 aromatic rings. The molecule has 0 aliphatic carbocycles. The van der Waals surface area contributed by atoms with Crippen LogP contribution in [0.3, 0.4) is 0 Å². The van der Waals surface area contributed by atoms with Gasteiger partial charge in [0.25, 0.3) is 0 Å². The normalized spacial score (nSPS) is 10.7. The maximum atomic E-state index is 9.13. The standard InChI is InChI=1S/C16H14ClN3O2/c1-22-12-4-5-14-15(7-12)20-16(8-18-14)19-11-3-2-10(9-21)13(17)6-11/h2-8,21H,9H2,1H3,(H,19,20). The van der Waals surface area contributed by atoms with E-state index in [4.69, 9.17) is 21.4 Å². The molecule has 0 amide bonds. The molecule has 0 aliphatic rings. The summed E-state index contributed by atoms with van der Waals surface area (Å²) in [5, 5.41) is 12.8. The minimum atomic E-state index is -0.0886. The molecule has 0 fully saturated rings. The number of rotatable bonds is 4. The van der Waals surface area contributed by atoms with Gasteiger partial charge in [-0.3, -0.25) is 4.98 Å². The zero-order valence-electron chi connectivity index (χ0n) is 11.9. The Kier molecular flexibility index (Phi) is 4.09. The highest BCUT2D eigenvalue weighted by Gasteiger charge is 2.04. The number of benzene rings is 2. The number of aliphatic hydroxyl groups excluding tert-OH is 1. The molecule has 1 heterocycles. The Morgan fingerprint density at radius 1 is 1.18 bits per heavy atom. The highest BCUT2D eigenvalue weighted by molar-refractivity contribution is 6.31. The molecule has 0 aliphatic heterocycles. The fourth-order valence-electron chi connectivity index (χ4n) is 2.08. The molecule has 3 rings (SSSR count). The van der Waals surface area contributed by atoms with Gasteiger partial charge in [-0.25, -0.2) is 4.98 Å². The van der Waals surface area contributed by atoms with Gasteiger partial charge in [0, 0.05) is 16.8 Å². The number of hydrogen-bond donors (Lipinski definition) is 2. The van der Waals surface area contributed by atoms with E-state index in [0.29, 0.717) is 16.4 Å². The van der Waals surface area contributed by atoms with Crippen LogP contribution in [0.2, 0.25) is 5.02 Å². The molecule has 112 valence electrons. The predicted octanol–water partition coefficient (Wildman–Crippen LogP) is 3.53. The Morgan fingerprint density at radius 3 is 2.77 bits per heavy atom. The fourth-order valence-corrected chi connectivity index (χ4v) is 2.32. The van der Waals surface area contributed by atoms with Gasteiger partial charge in [0.2, 0.25) is 0 Å². The van der Waals surface area contributed by atoms with E-state index in [0.717, 1.165) is 22.5 Å². The van der Waals surface area contributed by atoms with Crippen LogP contribution < -0.4 is 10.1 Å². The van der Waals surface area contributed by atoms with Gasteiger partial charge in [0.15, 0.2) is 0 Å². The molecule has 6 heteroatoms. The molecule has 2 aromatic carbocycles. The molecule has 5 nitrogen and oxygen atoms in total. The molecule has 0 saturated heterocycles. The largest absolute Gasteiger partial charge is 0.497 e. The molecule has 1 aromatic heterocycles. The monoisotopic (exact) mass is 315 g/mol. The second-order valence-corrected chi connectivity index (χ2v) is 5.11. The molecule has 0 radical (unpaired) electrons. The van der Waals surface area contributed by atoms with Gasteiger partial charge < -0.3 is 15.2 Å². The van der Waals surface area contributed by atoms with Gasteiger partial charge in [-0.05, 0) is 29.8 Å². The maximum absolute atomic E-state index is 9.13. The average molecular weight is 316 g/mol. The van der Waals surface area contributed by atoms with E-state index in [2.05, 4.69) is 15.3 Å². The number of fused-ring (bicyclic) bond motifs is 1. The SMILES string of the molecule is COc1ccc2ncc(Nc3ccc(CO)c(Cl)c3)nc2c1. The van der Waals surface area contributed by atoms with Crippen LogP contribution in [-0.4, -0.2) is 22.2 Å². The number of methoxy groups -OCH3 is 1. The van der Waals surface area contributed by atoms with E-state index in [1.165, 1.54) is 0 Å². The number of nitrogens with one attached hydrogen (secondary N) is 1. The maximum Gasteiger partial charge on any atom is 0.149 e. The van der Waals surface area contributed by atoms with Crippen molar-refractivity contribution in [2.75, 3.05) is 12.4 Å². The molecule has 22 heavy (non-hydrogen) atoms. The van der Waals surface area contributed by atoms with Gasteiger partial charge in [-0.15, -0.1) is 0 Å². The smallest absolute Gasteiger partial charge is 0.149 e. The number of aromatic nitrogens is 2. The van der Waals surface area contributed by atoms with Crippen LogP contribution in [0.15, 0.2) is 42.6 Å². The average Bonchev–Trinajstić information content (AvgIpc) is 2.54. The van der Waals surface area contributed by atoms with Crippen LogP contribution in [0.25, 0.3) is 11.0 Å². The third-order valence-electron chi connectivity index (χ3n) is 3.25. The number of anilines is 2. The Hall–Kier alpha value is -2.37. The Balaban J connectivity index is 1.91. The van der Waals surface area contributed by atoms with Crippen LogP contribution in [0.1, 0.15) is 5.56 Å². The van der Waals surface area contributed by atoms with Crippen LogP contribution >= 0.6 is 11.6 Å². The zero-order valence-corrected chi connectivity index (χ0v) is 12.6. The Labute approximate surface area is 132 Å². The fraction of sp³-hybridized carbons (Fsp3) is 0.125. The van der Waals surface area contributed by atoms with Crippen LogP contribution in [0, 0.1) is 0 Å². The van der Waals surface area contributed by atoms with Crippen molar-refractivity contribution in [2.45, 2.75) is 6.61 Å². The molecule has 0 unspecified atom stereocenters. The van der Waals surface area contributed by atoms with E-state index in [9.17, 15) is 0 Å². The molecular formula is C16H14ClN3O2. The van der Waals surface area contributed by atoms with E-state index in [1.54, 1.807) is 25.4 Å². The van der Waals surface area contributed by atoms with E-state index >= 15 is 0 Å². The van der Waals surface area contributed by atoms with Crippen molar-refractivity contribution in [3.05, 3.63) is 53.2 Å². The second-order valence-electron chi connectivity index (χ2n) is 4.70. The zero-order chi connectivity index (χ0) is 15.5. The summed E-state index contributed by atoms with van der Waals surface area (Å²) >= 11 is 6.08. The van der Waals surface area contributed by atoms with Crippen molar-refractivity contribution in [3.8, 4) is 5.75 Å². The summed E-state index contributed by atoms with van der Waals surface area (Å²) in [4.78, 5) is 8.86. The third kappa shape index (κ3) is 2.95. The van der Waals surface area contributed by atoms with Gasteiger partial charge >= 0.3 is 0 Å². The van der Waals surface area contributed by atoms with Gasteiger partial charge in [-0.1, -0.05) is 17.7 Å². The Morgan fingerprint density at radius 2 is 2.05 bits per heavy atom. The van der Waals surface area contributed by atoms with Gasteiger partial charge in [-0.2, -0.15) is 0 Å². The molecule has 0 saturated carbocycles. The lowest BCUT2D eigenvalue weighted by Gasteiger charge is -2.09. The Bertz CT molecular complexity index is 824. The molecule has 0 spiro atoms. The van der Waals surface area contributed by atoms with E-state index < -0.39 is 0 Å². The summed E-state index contributed by atoms with van der Waals surface area (Å²) in [6.07, 6.45) is 1.66. The summed E-state index contributed by atoms with van der Waals surface area (Å²) in [6.45, 7) is -0.0886. The number of hydrogen-bond acceptors (Lipinski definition) is 5. The highest BCUT2D eigenvalue weighted by atomic mass is 35.5. The third-order valence-corrected chi connectivity index (χ3v) is 3.60. The second kappa shape index (κ2) is 6.17. The van der Waals surface area contributed by atoms with Crippen molar-refractivity contribution in [2.24, 2.45) is 0 Å². The lowest BCUT2D eigenvalue weighted by Crippen LogP contribution is -1.96. The topological polar surface area (TPSA) is 67.3 Å². The summed E-state index contributed by atoms with van der Waals surface area (Å²) in [6, 6.07) is 10.9. The first-order valence-electron chi connectivity index (χ1n) is 6.66. The van der Waals surface area contributed by atoms with Crippen molar-refractivity contribution in [1.29, 1.82) is 0 Å². The van der Waals surface area contributed by atoms with Crippen molar-refractivity contribution in [1.82, 2.24) is 9.97 Å². The number of halogens is 1. The number of aliphatic hydroxyl groups is 1. The minimum absolute atomic E-state index is 0.0886. The highest BCUT2D eigenvalue weighted by Crippen LogP contribution is 2.24. The molecule has 0 bridgehead atoms. The molecular weight excluding hydrogens is 302 g/mol.